The van der Waals surface area contributed by atoms with Gasteiger partial charge >= 0.3 is 6.03 Å². The molecule has 1 aliphatic carbocycles. The largest absolute Gasteiger partial charge is 0.392 e. The molecule has 0 radical (unpaired) electrons. The average Bonchev–Trinajstić information content (AvgIpc) is 2.89. The molecule has 0 bridgehead atoms. The molecule has 0 spiro atoms. The highest BCUT2D eigenvalue weighted by atomic mass is 19.1. The number of hydrogen-bond donors (Lipinski definition) is 2. The Morgan fingerprint density at radius 2 is 1.78 bits per heavy atom. The third-order valence-corrected chi connectivity index (χ3v) is 6.91. The summed E-state index contributed by atoms with van der Waals surface area (Å²) in [6, 6.07) is 1.59. The lowest BCUT2D eigenvalue weighted by Crippen LogP contribution is -2.37. The highest BCUT2D eigenvalue weighted by Gasteiger charge is 2.26. The molecular weight excluding hydrogens is 478 g/mol. The van der Waals surface area contributed by atoms with Crippen molar-refractivity contribution in [3.63, 3.8) is 0 Å². The molecule has 200 valence electrons. The summed E-state index contributed by atoms with van der Waals surface area (Å²) < 4.78 is 29.4. The minimum atomic E-state index is -0.642. The number of carbonyl (C=O) groups is 1. The number of nitrogens with zero attached hydrogens (tertiary/aromatic N) is 4. The minimum absolute atomic E-state index is 0.0517. The maximum absolute atomic E-state index is 14.8. The molecule has 1 aliphatic heterocycles. The van der Waals surface area contributed by atoms with Crippen molar-refractivity contribution < 1.29 is 18.4 Å². The molecular formula is C27H36F2N6O2. The highest BCUT2D eigenvalue weighted by Crippen LogP contribution is 2.35. The molecule has 0 atom stereocenters. The number of hydrogen-bond acceptors (Lipinski definition) is 6. The number of carbonyl (C=O) groups excluding carboxylic acids is 1. The van der Waals surface area contributed by atoms with Crippen LogP contribution in [-0.4, -0.2) is 46.9 Å². The van der Waals surface area contributed by atoms with E-state index in [1.807, 2.05) is 12.4 Å². The smallest absolute Gasteiger partial charge is 0.319 e. The van der Waals surface area contributed by atoms with Crippen molar-refractivity contribution in [3.05, 3.63) is 47.3 Å². The van der Waals surface area contributed by atoms with Crippen LogP contribution in [0.2, 0.25) is 0 Å². The van der Waals surface area contributed by atoms with Crippen molar-refractivity contribution in [2.75, 3.05) is 23.3 Å². The van der Waals surface area contributed by atoms with E-state index in [2.05, 4.69) is 37.6 Å². The van der Waals surface area contributed by atoms with Gasteiger partial charge in [0.15, 0.2) is 0 Å². The van der Waals surface area contributed by atoms with Gasteiger partial charge in [0, 0.05) is 50.4 Å². The molecule has 10 heteroatoms. The van der Waals surface area contributed by atoms with Crippen LogP contribution in [0.3, 0.4) is 0 Å². The van der Waals surface area contributed by atoms with E-state index in [4.69, 9.17) is 4.84 Å². The van der Waals surface area contributed by atoms with Gasteiger partial charge < -0.3 is 20.4 Å². The summed E-state index contributed by atoms with van der Waals surface area (Å²) in [5.74, 6) is -0.500. The molecule has 2 heterocycles. The topological polar surface area (TPSA) is 91.7 Å². The second-order valence-electron chi connectivity index (χ2n) is 10.1. The van der Waals surface area contributed by atoms with E-state index in [0.29, 0.717) is 31.2 Å². The highest BCUT2D eigenvalue weighted by molar-refractivity contribution is 5.89. The summed E-state index contributed by atoms with van der Waals surface area (Å²) in [6.45, 7) is 7.30. The fraction of sp³-hybridized carbons (Fsp3) is 0.556. The second kappa shape index (κ2) is 12.3. The zero-order chi connectivity index (χ0) is 26.4. The molecule has 0 unspecified atom stereocenters. The van der Waals surface area contributed by atoms with Crippen molar-refractivity contribution in [2.45, 2.75) is 83.8 Å². The number of rotatable bonds is 7. The lowest BCUT2D eigenvalue weighted by atomic mass is 9.83. The Bertz CT molecular complexity index is 1090. The second-order valence-corrected chi connectivity index (χ2v) is 10.1. The van der Waals surface area contributed by atoms with Crippen LogP contribution in [0, 0.1) is 11.6 Å². The van der Waals surface area contributed by atoms with Crippen LogP contribution in [0.1, 0.15) is 76.3 Å². The molecule has 2 fully saturated rings. The van der Waals surface area contributed by atoms with Gasteiger partial charge in [-0.25, -0.2) is 23.5 Å². The number of aromatic nitrogens is 2. The van der Waals surface area contributed by atoms with Crippen LogP contribution in [0.25, 0.3) is 0 Å². The quantitative estimate of drug-likeness (QED) is 0.473. The first kappa shape index (κ1) is 26.8. The molecule has 2 N–H and O–H groups in total. The molecule has 4 rings (SSSR count). The molecule has 2 aliphatic rings. The van der Waals surface area contributed by atoms with Crippen molar-refractivity contribution in [3.8, 4) is 0 Å². The number of halogens is 2. The molecule has 1 saturated heterocycles. The number of anilines is 2. The number of amides is 2. The van der Waals surface area contributed by atoms with Crippen LogP contribution in [0.4, 0.5) is 25.2 Å². The SMILES string of the molecule is CCc1cnc(N2CCC(ON=C3CCC(c4cc(F)c(NC(=O)NC(C)C)cc4F)CC3)CC2)nc1. The van der Waals surface area contributed by atoms with Crippen molar-refractivity contribution in [1.29, 1.82) is 0 Å². The predicted octanol–water partition coefficient (Wildman–Crippen LogP) is 5.55. The van der Waals surface area contributed by atoms with Crippen LogP contribution in [-0.2, 0) is 11.3 Å². The monoisotopic (exact) mass is 514 g/mol. The van der Waals surface area contributed by atoms with Crippen LogP contribution >= 0.6 is 0 Å². The van der Waals surface area contributed by atoms with E-state index in [0.717, 1.165) is 55.6 Å². The Kier molecular flexibility index (Phi) is 8.89. The number of nitrogens with one attached hydrogen (secondary N) is 2. The van der Waals surface area contributed by atoms with Gasteiger partial charge in [-0.05, 0) is 69.1 Å². The summed E-state index contributed by atoms with van der Waals surface area (Å²) in [4.78, 5) is 28.8. The molecule has 37 heavy (non-hydrogen) atoms. The Hall–Kier alpha value is -3.30. The Morgan fingerprint density at radius 1 is 1.11 bits per heavy atom. The third-order valence-electron chi connectivity index (χ3n) is 6.91. The molecule has 8 nitrogen and oxygen atoms in total. The van der Waals surface area contributed by atoms with Gasteiger partial charge in [-0.1, -0.05) is 12.1 Å². The van der Waals surface area contributed by atoms with Crippen molar-refractivity contribution >= 4 is 23.4 Å². The van der Waals surface area contributed by atoms with Gasteiger partial charge in [0.25, 0.3) is 0 Å². The minimum Gasteiger partial charge on any atom is -0.392 e. The number of urea groups is 1. The van der Waals surface area contributed by atoms with Gasteiger partial charge in [0.05, 0.1) is 11.4 Å². The summed E-state index contributed by atoms with van der Waals surface area (Å²) >= 11 is 0. The molecule has 2 aromatic rings. The molecule has 1 aromatic carbocycles. The Morgan fingerprint density at radius 3 is 2.41 bits per heavy atom. The van der Waals surface area contributed by atoms with Gasteiger partial charge in [-0.2, -0.15) is 0 Å². The van der Waals surface area contributed by atoms with Gasteiger partial charge in [-0.3, -0.25) is 0 Å². The lowest BCUT2D eigenvalue weighted by Gasteiger charge is -2.31. The zero-order valence-corrected chi connectivity index (χ0v) is 21.8. The summed E-state index contributed by atoms with van der Waals surface area (Å²) in [5, 5.41) is 9.38. The standard InChI is InChI=1S/C27H36F2N6O2/c1-4-18-15-30-26(31-16-18)35-11-9-21(10-12-35)37-34-20-7-5-19(6-8-20)22-13-24(29)25(14-23(22)28)33-27(36)32-17(2)3/h13-17,19,21H,4-12H2,1-3H3,(H2,32,33,36). The maximum atomic E-state index is 14.8. The summed E-state index contributed by atoms with van der Waals surface area (Å²) in [7, 11) is 0. The Balaban J connectivity index is 1.25. The van der Waals surface area contributed by atoms with Gasteiger partial charge in [0.1, 0.15) is 17.7 Å². The van der Waals surface area contributed by atoms with E-state index in [-0.39, 0.29) is 23.8 Å². The molecule has 1 aromatic heterocycles. The fourth-order valence-corrected chi connectivity index (χ4v) is 4.75. The normalized spacial score (nSPS) is 18.6. The van der Waals surface area contributed by atoms with Crippen molar-refractivity contribution in [1.82, 2.24) is 15.3 Å². The molecule has 1 saturated carbocycles. The van der Waals surface area contributed by atoms with E-state index in [9.17, 15) is 13.6 Å². The van der Waals surface area contributed by atoms with E-state index in [1.165, 1.54) is 6.07 Å². The van der Waals surface area contributed by atoms with E-state index < -0.39 is 17.7 Å². The van der Waals surface area contributed by atoms with E-state index >= 15 is 0 Å². The first-order valence-electron chi connectivity index (χ1n) is 13.2. The average molecular weight is 515 g/mol. The van der Waals surface area contributed by atoms with E-state index in [1.54, 1.807) is 13.8 Å². The Labute approximate surface area is 216 Å². The molecule has 2 amide bonds. The first-order chi connectivity index (χ1) is 17.8. The third kappa shape index (κ3) is 7.14. The van der Waals surface area contributed by atoms with Gasteiger partial charge in [-0.15, -0.1) is 0 Å². The summed E-state index contributed by atoms with van der Waals surface area (Å²) in [6.07, 6.45) is 9.12. The number of benzene rings is 1. The lowest BCUT2D eigenvalue weighted by molar-refractivity contribution is 0.0406. The predicted molar refractivity (Wildman–Crippen MR) is 140 cm³/mol. The number of aryl methyl sites for hydroxylation is 1. The van der Waals surface area contributed by atoms with Crippen LogP contribution in [0.5, 0.6) is 0 Å². The van der Waals surface area contributed by atoms with Gasteiger partial charge in [0.2, 0.25) is 5.95 Å². The van der Waals surface area contributed by atoms with Crippen LogP contribution < -0.4 is 15.5 Å². The van der Waals surface area contributed by atoms with Crippen LogP contribution in [0.15, 0.2) is 29.7 Å². The summed E-state index contributed by atoms with van der Waals surface area (Å²) in [5.41, 5.74) is 2.26. The fourth-order valence-electron chi connectivity index (χ4n) is 4.75. The number of oxime groups is 1. The number of piperidine rings is 1. The zero-order valence-electron chi connectivity index (χ0n) is 21.8. The first-order valence-corrected chi connectivity index (χ1v) is 13.2. The maximum Gasteiger partial charge on any atom is 0.319 e. The van der Waals surface area contributed by atoms with Crippen molar-refractivity contribution in [2.24, 2.45) is 5.16 Å².